The first-order valence-electron chi connectivity index (χ1n) is 7.58. The summed E-state index contributed by atoms with van der Waals surface area (Å²) in [6.45, 7) is 1.49. The number of anilines is 1. The van der Waals surface area contributed by atoms with Gasteiger partial charge in [-0.2, -0.15) is 23.4 Å². The molecule has 3 heterocycles. The highest BCUT2D eigenvalue weighted by Gasteiger charge is 2.31. The van der Waals surface area contributed by atoms with Gasteiger partial charge in [-0.3, -0.25) is 14.5 Å². The Morgan fingerprint density at radius 3 is 2.79 bits per heavy atom. The number of imidazole rings is 1. The molecule has 4 rings (SSSR count). The molecule has 144 valence electrons. The topological polar surface area (TPSA) is 143 Å². The molecule has 0 spiro atoms. The Morgan fingerprint density at radius 2 is 2.11 bits per heavy atom. The van der Waals surface area contributed by atoms with Gasteiger partial charge in [0.1, 0.15) is 0 Å². The molecule has 0 aliphatic rings. The number of fused-ring (bicyclic) bond motifs is 3. The predicted octanol–water partition coefficient (Wildman–Crippen LogP) is 1.63. The van der Waals surface area contributed by atoms with Crippen LogP contribution in [0.2, 0.25) is 0 Å². The van der Waals surface area contributed by atoms with Crippen LogP contribution in [0.1, 0.15) is 11.3 Å². The number of aromatic nitrogens is 7. The molecule has 0 radical (unpaired) electrons. The molecule has 0 bridgehead atoms. The maximum atomic E-state index is 12.9. The second-order valence-corrected chi connectivity index (χ2v) is 5.60. The van der Waals surface area contributed by atoms with E-state index >= 15 is 0 Å². The third-order valence-electron chi connectivity index (χ3n) is 3.83. The third kappa shape index (κ3) is 2.89. The van der Waals surface area contributed by atoms with E-state index in [1.165, 1.54) is 17.4 Å². The van der Waals surface area contributed by atoms with Crippen molar-refractivity contribution in [2.75, 3.05) is 5.32 Å². The van der Waals surface area contributed by atoms with Gasteiger partial charge in [0.25, 0.3) is 11.5 Å². The van der Waals surface area contributed by atoms with Crippen molar-refractivity contribution in [3.63, 3.8) is 0 Å². The van der Waals surface area contributed by atoms with Crippen LogP contribution in [0.4, 0.5) is 23.9 Å². The number of amides is 1. The van der Waals surface area contributed by atoms with Gasteiger partial charge in [0.05, 0.1) is 22.3 Å². The number of nitrogens with one attached hydrogen (secondary N) is 3. The fraction of sp³-hybridized carbons (Fsp3) is 0.143. The summed E-state index contributed by atoms with van der Waals surface area (Å²) in [5.41, 5.74) is -1.37. The van der Waals surface area contributed by atoms with Crippen molar-refractivity contribution in [3.05, 3.63) is 39.8 Å². The summed E-state index contributed by atoms with van der Waals surface area (Å²) in [5, 5.41) is 14.6. The van der Waals surface area contributed by atoms with E-state index < -0.39 is 23.4 Å². The molecule has 0 atom stereocenters. The number of aromatic amines is 2. The maximum Gasteiger partial charge on any atom is 0.420 e. The number of benzene rings is 1. The number of nitrogens with zero attached hydrogens (tertiary/aromatic N) is 5. The molecule has 0 aliphatic carbocycles. The van der Waals surface area contributed by atoms with Crippen LogP contribution in [0.3, 0.4) is 0 Å². The first-order valence-corrected chi connectivity index (χ1v) is 7.58. The van der Waals surface area contributed by atoms with E-state index in [0.717, 1.165) is 12.1 Å². The third-order valence-corrected chi connectivity index (χ3v) is 3.83. The predicted molar refractivity (Wildman–Crippen MR) is 86.9 cm³/mol. The minimum atomic E-state index is -4.56. The monoisotopic (exact) mass is 394 g/mol. The van der Waals surface area contributed by atoms with Gasteiger partial charge in [0, 0.05) is 0 Å². The maximum absolute atomic E-state index is 12.9. The highest BCUT2D eigenvalue weighted by molar-refractivity contribution is 5.84. The standard InChI is InChI=1S/C14H9F3N8O3/c1-5-11(28-13(27)20-12-21-23-24-22-12)19-9-10(26)18-7-4-6(14(15,16)17)2-3-8(7)25(5)9/h2-4H,1H3,(H,18,26)(H2,20,21,22,23,24,27). The number of ether oxygens (including phenoxy) is 1. The van der Waals surface area contributed by atoms with E-state index in [1.807, 2.05) is 0 Å². The van der Waals surface area contributed by atoms with E-state index in [0.29, 0.717) is 0 Å². The number of tetrazole rings is 1. The summed E-state index contributed by atoms with van der Waals surface area (Å²) < 4.78 is 45.1. The van der Waals surface area contributed by atoms with Crippen molar-refractivity contribution < 1.29 is 22.7 Å². The van der Waals surface area contributed by atoms with E-state index in [-0.39, 0.29) is 34.2 Å². The number of rotatable bonds is 2. The van der Waals surface area contributed by atoms with Gasteiger partial charge in [0.2, 0.25) is 11.5 Å². The molecule has 0 aliphatic heterocycles. The Labute approximate surface area is 151 Å². The molecule has 0 unspecified atom stereocenters. The van der Waals surface area contributed by atoms with Crippen molar-refractivity contribution in [1.82, 2.24) is 35.0 Å². The minimum absolute atomic E-state index is 0.0457. The smallest absolute Gasteiger partial charge is 0.389 e. The van der Waals surface area contributed by atoms with Crippen molar-refractivity contribution in [2.24, 2.45) is 0 Å². The number of hydrogen-bond donors (Lipinski definition) is 3. The Hall–Kier alpha value is -3.97. The van der Waals surface area contributed by atoms with Crippen LogP contribution < -0.4 is 15.6 Å². The van der Waals surface area contributed by atoms with Crippen molar-refractivity contribution in [3.8, 4) is 5.88 Å². The number of aryl methyl sites for hydroxylation is 1. The Kier molecular flexibility index (Phi) is 3.76. The average molecular weight is 394 g/mol. The number of H-pyrrole nitrogens is 2. The molecular formula is C14H9F3N8O3. The van der Waals surface area contributed by atoms with Gasteiger partial charge in [-0.25, -0.2) is 4.79 Å². The van der Waals surface area contributed by atoms with Crippen LogP contribution in [0.25, 0.3) is 16.7 Å². The lowest BCUT2D eigenvalue weighted by atomic mass is 10.2. The number of alkyl halides is 3. The van der Waals surface area contributed by atoms with Gasteiger partial charge in [-0.15, -0.1) is 5.10 Å². The molecule has 14 heteroatoms. The SMILES string of the molecule is Cc1c(OC(=O)Nc2nn[nH]n2)nc2c(=O)[nH]c3cc(C(F)(F)F)ccc3n12. The fourth-order valence-corrected chi connectivity index (χ4v) is 2.63. The molecule has 4 aromatic rings. The molecule has 1 amide bonds. The summed E-state index contributed by atoms with van der Waals surface area (Å²) in [6.07, 6.45) is -5.56. The summed E-state index contributed by atoms with van der Waals surface area (Å²) in [4.78, 5) is 30.4. The first-order chi connectivity index (χ1) is 13.2. The van der Waals surface area contributed by atoms with Crippen LogP contribution in [0.5, 0.6) is 5.88 Å². The first kappa shape index (κ1) is 17.4. The number of halogens is 3. The Bertz CT molecular complexity index is 1260. The molecule has 28 heavy (non-hydrogen) atoms. The van der Waals surface area contributed by atoms with Gasteiger partial charge < -0.3 is 9.72 Å². The average Bonchev–Trinajstić information content (AvgIpc) is 3.23. The Morgan fingerprint density at radius 1 is 1.32 bits per heavy atom. The lowest BCUT2D eigenvalue weighted by Gasteiger charge is -2.09. The van der Waals surface area contributed by atoms with Crippen LogP contribution in [0, 0.1) is 6.92 Å². The zero-order valence-electron chi connectivity index (χ0n) is 13.8. The van der Waals surface area contributed by atoms with Gasteiger partial charge in [0.15, 0.2) is 0 Å². The summed E-state index contributed by atoms with van der Waals surface area (Å²) in [7, 11) is 0. The largest absolute Gasteiger partial charge is 0.420 e. The fourth-order valence-electron chi connectivity index (χ4n) is 2.63. The van der Waals surface area contributed by atoms with Crippen LogP contribution >= 0.6 is 0 Å². The van der Waals surface area contributed by atoms with E-state index in [4.69, 9.17) is 4.74 Å². The number of hydrogen-bond acceptors (Lipinski definition) is 7. The normalized spacial score (nSPS) is 11.9. The van der Waals surface area contributed by atoms with Crippen molar-refractivity contribution in [1.29, 1.82) is 0 Å². The van der Waals surface area contributed by atoms with E-state index in [1.54, 1.807) is 0 Å². The molecule has 3 N–H and O–H groups in total. The lowest BCUT2D eigenvalue weighted by Crippen LogP contribution is -2.18. The van der Waals surface area contributed by atoms with Crippen molar-refractivity contribution >= 4 is 28.7 Å². The molecule has 11 nitrogen and oxygen atoms in total. The molecule has 1 aromatic carbocycles. The zero-order chi connectivity index (χ0) is 20.1. The Balaban J connectivity index is 1.79. The molecule has 0 saturated heterocycles. The van der Waals surface area contributed by atoms with Crippen LogP contribution in [0.15, 0.2) is 23.0 Å². The number of carbonyl (C=O) groups is 1. The molecule has 3 aromatic heterocycles. The van der Waals surface area contributed by atoms with E-state index in [9.17, 15) is 22.8 Å². The highest BCUT2D eigenvalue weighted by atomic mass is 19.4. The van der Waals surface area contributed by atoms with Crippen LogP contribution in [-0.2, 0) is 6.18 Å². The van der Waals surface area contributed by atoms with Gasteiger partial charge in [-0.05, 0) is 30.3 Å². The lowest BCUT2D eigenvalue weighted by molar-refractivity contribution is -0.137. The summed E-state index contributed by atoms with van der Waals surface area (Å²) in [6, 6.07) is 2.89. The quantitative estimate of drug-likeness (QED) is 0.469. The second-order valence-electron chi connectivity index (χ2n) is 5.60. The van der Waals surface area contributed by atoms with Gasteiger partial charge in [-0.1, -0.05) is 5.10 Å². The van der Waals surface area contributed by atoms with Crippen molar-refractivity contribution in [2.45, 2.75) is 13.1 Å². The summed E-state index contributed by atoms with van der Waals surface area (Å²) in [5.74, 6) is -0.353. The van der Waals surface area contributed by atoms with Gasteiger partial charge >= 0.3 is 12.3 Å². The molecule has 0 fully saturated rings. The van der Waals surface area contributed by atoms with Crippen LogP contribution in [-0.4, -0.2) is 41.1 Å². The molecular weight excluding hydrogens is 385 g/mol. The zero-order valence-corrected chi connectivity index (χ0v) is 13.8. The second kappa shape index (κ2) is 6.04. The minimum Gasteiger partial charge on any atom is -0.389 e. The van der Waals surface area contributed by atoms with E-state index in [2.05, 4.69) is 35.9 Å². The summed E-state index contributed by atoms with van der Waals surface area (Å²) >= 11 is 0. The molecule has 0 saturated carbocycles. The highest BCUT2D eigenvalue weighted by Crippen LogP contribution is 2.31. The number of carbonyl (C=O) groups excluding carboxylic acids is 1.